The molecule has 1 aliphatic rings. The molecule has 2 unspecified atom stereocenters. The van der Waals surface area contributed by atoms with Crippen LogP contribution < -0.4 is 5.32 Å². The van der Waals surface area contributed by atoms with Crippen LogP contribution in [0.5, 0.6) is 0 Å². The molecule has 1 aliphatic heterocycles. The number of nitrogens with one attached hydrogen (secondary N) is 1. The Hall–Kier alpha value is -1.04. The van der Waals surface area contributed by atoms with Crippen LogP contribution >= 0.6 is 0 Å². The maximum absolute atomic E-state index is 12.6. The molecule has 0 spiro atoms. The lowest BCUT2D eigenvalue weighted by molar-refractivity contribution is -0.0606. The molecule has 1 fully saturated rings. The number of rotatable bonds is 4. The molecule has 3 nitrogen and oxygen atoms in total. The van der Waals surface area contributed by atoms with Gasteiger partial charge in [-0.1, -0.05) is 24.3 Å². The van der Waals surface area contributed by atoms with Gasteiger partial charge in [0.1, 0.15) is 0 Å². The van der Waals surface area contributed by atoms with Gasteiger partial charge in [-0.2, -0.15) is 0 Å². The van der Waals surface area contributed by atoms with E-state index >= 15 is 0 Å². The van der Waals surface area contributed by atoms with Crippen molar-refractivity contribution in [3.05, 3.63) is 35.4 Å². The summed E-state index contributed by atoms with van der Waals surface area (Å²) in [5.74, 6) is 0. The number of hydrogen-bond acceptors (Lipinski definition) is 3. The highest BCUT2D eigenvalue weighted by Crippen LogP contribution is 2.29. The van der Waals surface area contributed by atoms with Crippen molar-refractivity contribution >= 4 is 0 Å². The zero-order valence-electron chi connectivity index (χ0n) is 11.3. The van der Waals surface area contributed by atoms with Crippen LogP contribution in [0.25, 0.3) is 0 Å². The predicted octanol–water partition coefficient (Wildman–Crippen LogP) is 2.22. The minimum atomic E-state index is -2.41. The summed E-state index contributed by atoms with van der Waals surface area (Å²) in [5.41, 5.74) is 1.08. The average molecular weight is 270 g/mol. The number of alkyl halides is 2. The third kappa shape index (κ3) is 3.29. The van der Waals surface area contributed by atoms with Crippen molar-refractivity contribution in [3.63, 3.8) is 0 Å². The van der Waals surface area contributed by atoms with E-state index in [0.29, 0.717) is 6.61 Å². The Balaban J connectivity index is 2.20. The van der Waals surface area contributed by atoms with Gasteiger partial charge in [-0.3, -0.25) is 4.90 Å². The fourth-order valence-corrected chi connectivity index (χ4v) is 2.54. The van der Waals surface area contributed by atoms with Crippen LogP contribution in [0, 0.1) is 0 Å². The van der Waals surface area contributed by atoms with E-state index < -0.39 is 6.43 Å². The summed E-state index contributed by atoms with van der Waals surface area (Å²) in [4.78, 5) is 2.21. The van der Waals surface area contributed by atoms with Crippen LogP contribution in [0.4, 0.5) is 8.78 Å². The molecule has 5 heteroatoms. The van der Waals surface area contributed by atoms with Crippen LogP contribution in [-0.4, -0.2) is 44.8 Å². The summed E-state index contributed by atoms with van der Waals surface area (Å²) >= 11 is 0. The molecule has 0 amide bonds. The summed E-state index contributed by atoms with van der Waals surface area (Å²) in [6.07, 6.45) is -2.37. The molecule has 1 saturated heterocycles. The number of nitrogens with zero attached hydrogens (tertiary/aromatic N) is 1. The van der Waals surface area contributed by atoms with E-state index in [9.17, 15) is 8.78 Å². The summed E-state index contributed by atoms with van der Waals surface area (Å²) in [5, 5.41) is 3.12. The van der Waals surface area contributed by atoms with Crippen LogP contribution in [0.1, 0.15) is 23.6 Å². The Bertz CT molecular complexity index is 395. The number of likely N-dealkylation sites (N-methyl/N-ethyl adjacent to an activating group) is 2. The molecule has 1 N–H and O–H groups in total. The van der Waals surface area contributed by atoms with Gasteiger partial charge in [-0.25, -0.2) is 8.78 Å². The van der Waals surface area contributed by atoms with Crippen LogP contribution in [-0.2, 0) is 4.74 Å². The number of hydrogen-bond donors (Lipinski definition) is 1. The van der Waals surface area contributed by atoms with E-state index in [0.717, 1.165) is 18.7 Å². The first kappa shape index (κ1) is 14.4. The fourth-order valence-electron chi connectivity index (χ4n) is 2.54. The van der Waals surface area contributed by atoms with Crippen LogP contribution in [0.3, 0.4) is 0 Å². The Kier molecular flexibility index (Phi) is 4.85. The largest absolute Gasteiger partial charge is 0.374 e. The van der Waals surface area contributed by atoms with Crippen molar-refractivity contribution < 1.29 is 13.5 Å². The molecule has 0 aliphatic carbocycles. The van der Waals surface area contributed by atoms with E-state index in [2.05, 4.69) is 10.2 Å². The number of ether oxygens (including phenoxy) is 1. The second-order valence-electron chi connectivity index (χ2n) is 4.86. The molecule has 0 saturated carbocycles. The van der Waals surface area contributed by atoms with Crippen molar-refractivity contribution in [3.8, 4) is 0 Å². The zero-order chi connectivity index (χ0) is 13.8. The lowest BCUT2D eigenvalue weighted by Crippen LogP contribution is -2.46. The van der Waals surface area contributed by atoms with E-state index in [1.54, 1.807) is 12.1 Å². The van der Waals surface area contributed by atoms with Crippen LogP contribution in [0.15, 0.2) is 24.3 Å². The molecular weight excluding hydrogens is 250 g/mol. The minimum absolute atomic E-state index is 0.0427. The van der Waals surface area contributed by atoms with Gasteiger partial charge in [0.25, 0.3) is 6.43 Å². The molecule has 0 bridgehead atoms. The molecule has 106 valence electrons. The standard InChI is InChI=1S/C14H20F2N2O/c1-17-9-12-13(18(2)7-8-19-12)10-3-5-11(6-4-10)14(15)16/h3-6,12-14,17H,7-9H2,1-2H3. The van der Waals surface area contributed by atoms with Gasteiger partial charge in [0, 0.05) is 18.7 Å². The molecule has 0 aromatic heterocycles. The number of benzene rings is 1. The van der Waals surface area contributed by atoms with E-state index in [1.807, 2.05) is 14.1 Å². The third-order valence-electron chi connectivity index (χ3n) is 3.54. The van der Waals surface area contributed by atoms with Gasteiger partial charge in [0.2, 0.25) is 0 Å². The van der Waals surface area contributed by atoms with E-state index in [4.69, 9.17) is 4.74 Å². The smallest absolute Gasteiger partial charge is 0.263 e. The van der Waals surface area contributed by atoms with Gasteiger partial charge in [-0.15, -0.1) is 0 Å². The quantitative estimate of drug-likeness (QED) is 0.908. The van der Waals surface area contributed by atoms with Gasteiger partial charge in [0.05, 0.1) is 18.8 Å². The highest BCUT2D eigenvalue weighted by Gasteiger charge is 2.30. The first-order chi connectivity index (χ1) is 9.13. The molecule has 1 aromatic rings. The lowest BCUT2D eigenvalue weighted by atomic mass is 9.97. The summed E-state index contributed by atoms with van der Waals surface area (Å²) in [7, 11) is 3.92. The first-order valence-corrected chi connectivity index (χ1v) is 6.48. The first-order valence-electron chi connectivity index (χ1n) is 6.48. The summed E-state index contributed by atoms with van der Waals surface area (Å²) in [6, 6.07) is 6.66. The topological polar surface area (TPSA) is 24.5 Å². The molecule has 1 heterocycles. The second-order valence-corrected chi connectivity index (χ2v) is 4.86. The third-order valence-corrected chi connectivity index (χ3v) is 3.54. The highest BCUT2D eigenvalue weighted by molar-refractivity contribution is 5.27. The van der Waals surface area contributed by atoms with Crippen LogP contribution in [0.2, 0.25) is 0 Å². The Morgan fingerprint density at radius 1 is 1.37 bits per heavy atom. The summed E-state index contributed by atoms with van der Waals surface area (Å²) in [6.45, 7) is 2.29. The van der Waals surface area contributed by atoms with Gasteiger partial charge in [-0.05, 0) is 19.7 Å². The maximum atomic E-state index is 12.6. The Morgan fingerprint density at radius 2 is 2.05 bits per heavy atom. The number of morpholine rings is 1. The second kappa shape index (κ2) is 6.41. The molecule has 2 rings (SSSR count). The maximum Gasteiger partial charge on any atom is 0.263 e. The lowest BCUT2D eigenvalue weighted by Gasteiger charge is -2.39. The molecule has 2 atom stereocenters. The van der Waals surface area contributed by atoms with Crippen molar-refractivity contribution in [1.82, 2.24) is 10.2 Å². The van der Waals surface area contributed by atoms with Gasteiger partial charge < -0.3 is 10.1 Å². The minimum Gasteiger partial charge on any atom is -0.374 e. The molecular formula is C14H20F2N2O. The average Bonchev–Trinajstić information content (AvgIpc) is 2.39. The Labute approximate surface area is 112 Å². The molecule has 1 aromatic carbocycles. The fraction of sp³-hybridized carbons (Fsp3) is 0.571. The normalized spacial score (nSPS) is 24.9. The highest BCUT2D eigenvalue weighted by atomic mass is 19.3. The van der Waals surface area contributed by atoms with Crippen molar-refractivity contribution in [2.45, 2.75) is 18.6 Å². The Morgan fingerprint density at radius 3 is 2.63 bits per heavy atom. The molecule has 19 heavy (non-hydrogen) atoms. The SMILES string of the molecule is CNCC1OCCN(C)C1c1ccc(C(F)F)cc1. The van der Waals surface area contributed by atoms with Crippen molar-refractivity contribution in [2.75, 3.05) is 33.8 Å². The number of halogens is 2. The summed E-state index contributed by atoms with van der Waals surface area (Å²) < 4.78 is 30.9. The van der Waals surface area contributed by atoms with E-state index in [1.165, 1.54) is 12.1 Å². The predicted molar refractivity (Wildman–Crippen MR) is 70.4 cm³/mol. The van der Waals surface area contributed by atoms with Crippen molar-refractivity contribution in [2.24, 2.45) is 0 Å². The van der Waals surface area contributed by atoms with E-state index in [-0.39, 0.29) is 17.7 Å². The van der Waals surface area contributed by atoms with Gasteiger partial charge in [0.15, 0.2) is 0 Å². The van der Waals surface area contributed by atoms with Gasteiger partial charge >= 0.3 is 0 Å². The monoisotopic (exact) mass is 270 g/mol. The molecule has 0 radical (unpaired) electrons. The van der Waals surface area contributed by atoms with Crippen molar-refractivity contribution in [1.29, 1.82) is 0 Å². The zero-order valence-corrected chi connectivity index (χ0v) is 11.3.